The van der Waals surface area contributed by atoms with Crippen LogP contribution in [-0.2, 0) is 11.3 Å². The summed E-state index contributed by atoms with van der Waals surface area (Å²) in [6.45, 7) is 6.47. The Morgan fingerprint density at radius 3 is 2.93 bits per heavy atom. The molecule has 1 aromatic heterocycles. The molecule has 2 atom stereocenters. The first-order valence-electron chi connectivity index (χ1n) is 10.2. The molecule has 1 saturated carbocycles. The van der Waals surface area contributed by atoms with Gasteiger partial charge in [-0.2, -0.15) is 0 Å². The lowest BCUT2D eigenvalue weighted by molar-refractivity contribution is -0.0366. The lowest BCUT2D eigenvalue weighted by Gasteiger charge is -2.35. The molecule has 2 aromatic rings. The molecule has 5 rings (SSSR count). The van der Waals surface area contributed by atoms with E-state index < -0.39 is 6.10 Å². The van der Waals surface area contributed by atoms with Gasteiger partial charge in [-0.3, -0.25) is 4.99 Å². The fourth-order valence-electron chi connectivity index (χ4n) is 3.83. The van der Waals surface area contributed by atoms with Gasteiger partial charge in [0.2, 0.25) is 0 Å². The second kappa shape index (κ2) is 7.07. The van der Waals surface area contributed by atoms with Crippen molar-refractivity contribution < 1.29 is 14.6 Å². The zero-order chi connectivity index (χ0) is 20.0. The van der Waals surface area contributed by atoms with Crippen molar-refractivity contribution in [2.45, 2.75) is 51.0 Å². The minimum Gasteiger partial charge on any atom is -0.488 e. The van der Waals surface area contributed by atoms with Gasteiger partial charge in [-0.25, -0.2) is 9.97 Å². The number of rotatable bonds is 5. The highest BCUT2D eigenvalue weighted by molar-refractivity contribution is 6.14. The smallest absolute Gasteiger partial charge is 0.132 e. The number of aromatic nitrogens is 2. The zero-order valence-corrected chi connectivity index (χ0v) is 16.8. The van der Waals surface area contributed by atoms with Crippen LogP contribution in [0.1, 0.15) is 43.5 Å². The number of hydrogen-bond donors (Lipinski definition) is 1. The number of hydrogen-bond acceptors (Lipinski definition) is 7. The fraction of sp³-hybridized carbons (Fsp3) is 0.500. The van der Waals surface area contributed by atoms with Crippen LogP contribution >= 0.6 is 0 Å². The summed E-state index contributed by atoms with van der Waals surface area (Å²) in [5.74, 6) is 1.72. The van der Waals surface area contributed by atoms with Crippen molar-refractivity contribution in [1.29, 1.82) is 0 Å². The summed E-state index contributed by atoms with van der Waals surface area (Å²) in [6, 6.07) is 8.21. The minimum absolute atomic E-state index is 0.0110. The van der Waals surface area contributed by atoms with Crippen molar-refractivity contribution in [2.24, 2.45) is 4.99 Å². The van der Waals surface area contributed by atoms with E-state index in [0.717, 1.165) is 47.9 Å². The van der Waals surface area contributed by atoms with Gasteiger partial charge in [0.1, 0.15) is 29.6 Å². The van der Waals surface area contributed by atoms with Gasteiger partial charge in [-0.1, -0.05) is 6.07 Å². The molecule has 0 spiro atoms. The summed E-state index contributed by atoms with van der Waals surface area (Å²) >= 11 is 0. The van der Waals surface area contributed by atoms with Crippen LogP contribution in [0.4, 0.5) is 5.82 Å². The maximum atomic E-state index is 9.87. The second-order valence-electron chi connectivity index (χ2n) is 8.39. The number of aliphatic hydroxyl groups is 1. The van der Waals surface area contributed by atoms with Crippen LogP contribution in [0.15, 0.2) is 35.6 Å². The number of aliphatic imine (C=N–C) groups is 1. The van der Waals surface area contributed by atoms with Gasteiger partial charge in [-0.15, -0.1) is 0 Å². The first kappa shape index (κ1) is 18.5. The lowest BCUT2D eigenvalue weighted by Crippen LogP contribution is -2.47. The number of fused-ring (bicyclic) bond motifs is 1. The van der Waals surface area contributed by atoms with Crippen molar-refractivity contribution >= 4 is 11.5 Å². The average molecular weight is 394 g/mol. The van der Waals surface area contributed by atoms with Crippen molar-refractivity contribution in [1.82, 2.24) is 9.97 Å². The Morgan fingerprint density at radius 2 is 2.14 bits per heavy atom. The molecule has 152 valence electrons. The van der Waals surface area contributed by atoms with Crippen LogP contribution in [0.25, 0.3) is 0 Å². The number of nitrogens with zero attached hydrogens (tertiary/aromatic N) is 4. The monoisotopic (exact) mass is 394 g/mol. The molecule has 3 heterocycles. The van der Waals surface area contributed by atoms with E-state index in [1.54, 1.807) is 13.3 Å². The van der Waals surface area contributed by atoms with Gasteiger partial charge in [0.05, 0.1) is 30.7 Å². The Labute approximate surface area is 170 Å². The van der Waals surface area contributed by atoms with E-state index in [4.69, 9.17) is 14.5 Å². The summed E-state index contributed by atoms with van der Waals surface area (Å²) in [5, 5.41) is 9.87. The Morgan fingerprint density at radius 1 is 1.28 bits per heavy atom. The van der Waals surface area contributed by atoms with E-state index in [9.17, 15) is 5.11 Å². The molecule has 0 bridgehead atoms. The molecule has 3 aliphatic rings. The van der Waals surface area contributed by atoms with E-state index >= 15 is 0 Å². The molecule has 1 aromatic carbocycles. The number of morpholine rings is 1. The van der Waals surface area contributed by atoms with Gasteiger partial charge >= 0.3 is 0 Å². The predicted octanol–water partition coefficient (Wildman–Crippen LogP) is 2.34. The molecule has 2 aliphatic heterocycles. The van der Waals surface area contributed by atoms with Gasteiger partial charge in [0, 0.05) is 24.7 Å². The van der Waals surface area contributed by atoms with Crippen molar-refractivity contribution in [3.8, 4) is 5.75 Å². The summed E-state index contributed by atoms with van der Waals surface area (Å²) in [4.78, 5) is 15.8. The molecule has 0 radical (unpaired) electrons. The SMILES string of the molecule is CC(O)[C@@H]1CN(c2cc(C3=NCc4ccc(OC5(C)CC5)cc43)ncn2)CCO1. The normalized spacial score (nSPS) is 23.3. The van der Waals surface area contributed by atoms with Crippen LogP contribution < -0.4 is 9.64 Å². The van der Waals surface area contributed by atoms with Gasteiger partial charge in [-0.05, 0) is 44.4 Å². The molecule has 2 fully saturated rings. The second-order valence-corrected chi connectivity index (χ2v) is 8.39. The molecule has 1 unspecified atom stereocenters. The molecule has 1 aliphatic carbocycles. The van der Waals surface area contributed by atoms with E-state index in [0.29, 0.717) is 19.7 Å². The van der Waals surface area contributed by atoms with E-state index in [1.807, 2.05) is 12.1 Å². The summed E-state index contributed by atoms with van der Waals surface area (Å²) in [7, 11) is 0. The van der Waals surface area contributed by atoms with Crippen molar-refractivity contribution in [3.05, 3.63) is 47.4 Å². The Kier molecular flexibility index (Phi) is 4.52. The number of benzene rings is 1. The zero-order valence-electron chi connectivity index (χ0n) is 16.8. The molecule has 7 heteroatoms. The third-order valence-electron chi connectivity index (χ3n) is 5.91. The maximum absolute atomic E-state index is 9.87. The van der Waals surface area contributed by atoms with Crippen LogP contribution in [0, 0.1) is 0 Å². The molecule has 1 saturated heterocycles. The van der Waals surface area contributed by atoms with Gasteiger partial charge in [0.15, 0.2) is 0 Å². The Bertz CT molecular complexity index is 955. The number of anilines is 1. The molecule has 0 amide bonds. The molecular weight excluding hydrogens is 368 g/mol. The lowest BCUT2D eigenvalue weighted by atomic mass is 10.0. The van der Waals surface area contributed by atoms with Crippen LogP contribution in [0.2, 0.25) is 0 Å². The van der Waals surface area contributed by atoms with Crippen LogP contribution in [-0.4, -0.2) is 58.3 Å². The van der Waals surface area contributed by atoms with Crippen LogP contribution in [0.5, 0.6) is 5.75 Å². The highest BCUT2D eigenvalue weighted by Crippen LogP contribution is 2.40. The van der Waals surface area contributed by atoms with E-state index in [-0.39, 0.29) is 11.7 Å². The summed E-state index contributed by atoms with van der Waals surface area (Å²) < 4.78 is 11.8. The summed E-state index contributed by atoms with van der Waals surface area (Å²) in [5.41, 5.74) is 3.96. The largest absolute Gasteiger partial charge is 0.488 e. The van der Waals surface area contributed by atoms with Crippen molar-refractivity contribution in [3.63, 3.8) is 0 Å². The first-order chi connectivity index (χ1) is 14.0. The maximum Gasteiger partial charge on any atom is 0.132 e. The standard InChI is InChI=1S/C22H26N4O3/c1-14(27)19-12-26(7-8-28-19)20-10-18(24-13-25-20)21-17-9-16(29-22(2)5-6-22)4-3-15(17)11-23-21/h3-4,9-10,13-14,19,27H,5-8,11-12H2,1-2H3/t14?,19-/m0/s1. The highest BCUT2D eigenvalue weighted by atomic mass is 16.5. The third-order valence-corrected chi connectivity index (χ3v) is 5.91. The number of ether oxygens (including phenoxy) is 2. The number of aliphatic hydroxyl groups excluding tert-OH is 1. The van der Waals surface area contributed by atoms with Crippen LogP contribution in [0.3, 0.4) is 0 Å². The quantitative estimate of drug-likeness (QED) is 0.839. The molecule has 1 N–H and O–H groups in total. The van der Waals surface area contributed by atoms with E-state index in [1.165, 1.54) is 5.56 Å². The average Bonchev–Trinajstić information content (AvgIpc) is 3.31. The molecule has 7 nitrogen and oxygen atoms in total. The Balaban J connectivity index is 1.40. The van der Waals surface area contributed by atoms with E-state index in [2.05, 4.69) is 33.9 Å². The Hall–Kier alpha value is -2.51. The first-order valence-corrected chi connectivity index (χ1v) is 10.2. The predicted molar refractivity (Wildman–Crippen MR) is 110 cm³/mol. The summed E-state index contributed by atoms with van der Waals surface area (Å²) in [6.07, 6.45) is 3.07. The van der Waals surface area contributed by atoms with Gasteiger partial charge < -0.3 is 19.5 Å². The van der Waals surface area contributed by atoms with Gasteiger partial charge in [0.25, 0.3) is 0 Å². The topological polar surface area (TPSA) is 80.1 Å². The third kappa shape index (κ3) is 3.72. The van der Waals surface area contributed by atoms with Crippen molar-refractivity contribution in [2.75, 3.05) is 24.6 Å². The molecule has 29 heavy (non-hydrogen) atoms. The minimum atomic E-state index is -0.517. The fourth-order valence-corrected chi connectivity index (χ4v) is 3.83. The molecular formula is C22H26N4O3. The highest BCUT2D eigenvalue weighted by Gasteiger charge is 2.40.